The minimum Gasteiger partial charge on any atom is -0.351 e. The number of ketones is 1. The highest BCUT2D eigenvalue weighted by molar-refractivity contribution is 9.09. The summed E-state index contributed by atoms with van der Waals surface area (Å²) in [6, 6.07) is 13.6. The highest BCUT2D eigenvalue weighted by Crippen LogP contribution is 2.42. The number of halogens is 1. The van der Waals surface area contributed by atoms with Gasteiger partial charge in [-0.25, -0.2) is 4.79 Å². The molecule has 0 fully saturated rings. The molecule has 0 radical (unpaired) electrons. The molecule has 20 heavy (non-hydrogen) atoms. The van der Waals surface area contributed by atoms with E-state index in [4.69, 9.17) is 5.73 Å². The van der Waals surface area contributed by atoms with Crippen LogP contribution in [0.3, 0.4) is 0 Å². The van der Waals surface area contributed by atoms with Gasteiger partial charge in [0.15, 0.2) is 5.78 Å². The van der Waals surface area contributed by atoms with Gasteiger partial charge in [-0.2, -0.15) is 0 Å². The number of carbonyl (C=O) groups is 2. The largest absolute Gasteiger partial charge is 0.351 e. The Morgan fingerprint density at radius 3 is 2.35 bits per heavy atom. The smallest absolute Gasteiger partial charge is 0.323 e. The number of fused-ring (bicyclic) bond motifs is 2. The highest BCUT2D eigenvalue weighted by Gasteiger charge is 2.33. The summed E-state index contributed by atoms with van der Waals surface area (Å²) < 4.78 is 0. The van der Waals surface area contributed by atoms with Gasteiger partial charge in [-0.15, -0.1) is 0 Å². The van der Waals surface area contributed by atoms with Crippen molar-refractivity contribution in [2.24, 2.45) is 5.73 Å². The van der Waals surface area contributed by atoms with E-state index in [1.54, 1.807) is 30.3 Å². The second kappa shape index (κ2) is 4.76. The first-order valence-corrected chi connectivity index (χ1v) is 6.98. The summed E-state index contributed by atoms with van der Waals surface area (Å²) >= 11 is 3.42. The van der Waals surface area contributed by atoms with Crippen LogP contribution in [0.5, 0.6) is 0 Å². The van der Waals surface area contributed by atoms with Crippen LogP contribution in [0.4, 0.5) is 16.2 Å². The molecule has 0 bridgehead atoms. The summed E-state index contributed by atoms with van der Waals surface area (Å²) in [5.41, 5.74) is 7.86. The number of Topliss-reactive ketones (excluding diaryl/α,β-unsaturated/α-hetero) is 1. The van der Waals surface area contributed by atoms with Crippen LogP contribution in [0.1, 0.15) is 20.7 Å². The van der Waals surface area contributed by atoms with Crippen molar-refractivity contribution in [1.29, 1.82) is 0 Å². The number of rotatable bonds is 0. The summed E-state index contributed by atoms with van der Waals surface area (Å²) in [6.07, 6.45) is 0. The fourth-order valence-electron chi connectivity index (χ4n) is 2.43. The van der Waals surface area contributed by atoms with E-state index < -0.39 is 10.9 Å². The van der Waals surface area contributed by atoms with Crippen molar-refractivity contribution in [2.45, 2.75) is 4.83 Å². The SMILES string of the molecule is NC(=O)N1c2ccccc2C(=O)[C@@H](Br)c2ccccc21. The highest BCUT2D eigenvalue weighted by atomic mass is 79.9. The van der Waals surface area contributed by atoms with Crippen molar-refractivity contribution < 1.29 is 9.59 Å². The zero-order valence-electron chi connectivity index (χ0n) is 10.4. The molecule has 0 aromatic heterocycles. The van der Waals surface area contributed by atoms with E-state index in [9.17, 15) is 9.59 Å². The van der Waals surface area contributed by atoms with E-state index in [-0.39, 0.29) is 5.78 Å². The van der Waals surface area contributed by atoms with E-state index in [0.717, 1.165) is 5.56 Å². The van der Waals surface area contributed by atoms with Gasteiger partial charge in [-0.1, -0.05) is 46.3 Å². The van der Waals surface area contributed by atoms with E-state index in [1.165, 1.54) is 4.90 Å². The number of para-hydroxylation sites is 2. The average molecular weight is 331 g/mol. The lowest BCUT2D eigenvalue weighted by molar-refractivity contribution is 0.0993. The zero-order valence-corrected chi connectivity index (χ0v) is 12.0. The number of hydrogen-bond donors (Lipinski definition) is 1. The lowest BCUT2D eigenvalue weighted by Crippen LogP contribution is -2.32. The number of alkyl halides is 1. The van der Waals surface area contributed by atoms with Gasteiger partial charge < -0.3 is 5.73 Å². The number of amides is 2. The lowest BCUT2D eigenvalue weighted by atomic mass is 10.0. The molecule has 2 amide bonds. The predicted molar refractivity (Wildman–Crippen MR) is 80.6 cm³/mol. The Morgan fingerprint density at radius 1 is 1.05 bits per heavy atom. The summed E-state index contributed by atoms with van der Waals surface area (Å²) in [7, 11) is 0. The lowest BCUT2D eigenvalue weighted by Gasteiger charge is -2.22. The van der Waals surface area contributed by atoms with Crippen molar-refractivity contribution >= 4 is 39.1 Å². The summed E-state index contributed by atoms with van der Waals surface area (Å²) in [5.74, 6) is -0.0863. The molecule has 0 saturated carbocycles. The first kappa shape index (κ1) is 12.9. The second-order valence-corrected chi connectivity index (χ2v) is 5.39. The number of nitrogens with two attached hydrogens (primary N) is 1. The van der Waals surface area contributed by atoms with Crippen LogP contribution in [-0.4, -0.2) is 11.8 Å². The van der Waals surface area contributed by atoms with Crippen LogP contribution < -0.4 is 10.6 Å². The van der Waals surface area contributed by atoms with Gasteiger partial charge in [-0.05, 0) is 23.8 Å². The molecule has 0 aliphatic carbocycles. The van der Waals surface area contributed by atoms with Crippen LogP contribution >= 0.6 is 15.9 Å². The number of benzene rings is 2. The molecule has 1 aliphatic heterocycles. The quantitative estimate of drug-likeness (QED) is 0.751. The van der Waals surface area contributed by atoms with Crippen molar-refractivity contribution in [3.05, 3.63) is 59.7 Å². The maximum Gasteiger partial charge on any atom is 0.323 e. The number of nitrogens with zero attached hydrogens (tertiary/aromatic N) is 1. The number of urea groups is 1. The Labute approximate surface area is 124 Å². The summed E-state index contributed by atoms with van der Waals surface area (Å²) in [5, 5.41) is 0. The molecule has 0 spiro atoms. The van der Waals surface area contributed by atoms with Gasteiger partial charge in [0.2, 0.25) is 0 Å². The summed E-state index contributed by atoms with van der Waals surface area (Å²) in [4.78, 5) is 25.3. The van der Waals surface area contributed by atoms with E-state index in [0.29, 0.717) is 16.9 Å². The maximum atomic E-state index is 12.5. The fraction of sp³-hybridized carbons (Fsp3) is 0.0667. The van der Waals surface area contributed by atoms with E-state index in [1.807, 2.05) is 18.2 Å². The molecule has 1 heterocycles. The third kappa shape index (κ3) is 1.82. The second-order valence-electron chi connectivity index (χ2n) is 4.48. The van der Waals surface area contributed by atoms with Gasteiger partial charge in [-0.3, -0.25) is 9.69 Å². The Balaban J connectivity index is 2.36. The molecule has 2 aromatic carbocycles. The average Bonchev–Trinajstić information content (AvgIpc) is 2.55. The molecule has 1 aliphatic rings. The van der Waals surface area contributed by atoms with Gasteiger partial charge >= 0.3 is 6.03 Å². The number of anilines is 2. The minimum atomic E-state index is -0.612. The molecule has 4 nitrogen and oxygen atoms in total. The van der Waals surface area contributed by atoms with Crippen LogP contribution in [0.25, 0.3) is 0 Å². The van der Waals surface area contributed by atoms with E-state index >= 15 is 0 Å². The zero-order chi connectivity index (χ0) is 14.3. The van der Waals surface area contributed by atoms with Crippen LogP contribution in [0.2, 0.25) is 0 Å². The molecule has 0 unspecified atom stereocenters. The minimum absolute atomic E-state index is 0.0863. The Hall–Kier alpha value is -2.14. The molecule has 3 rings (SSSR count). The van der Waals surface area contributed by atoms with Gasteiger partial charge in [0.25, 0.3) is 0 Å². The van der Waals surface area contributed by atoms with Crippen LogP contribution in [0, 0.1) is 0 Å². The number of primary amides is 1. The van der Waals surface area contributed by atoms with Crippen molar-refractivity contribution in [3.8, 4) is 0 Å². The topological polar surface area (TPSA) is 63.4 Å². The van der Waals surface area contributed by atoms with Crippen LogP contribution in [0.15, 0.2) is 48.5 Å². The molecular weight excluding hydrogens is 320 g/mol. The molecule has 2 aromatic rings. The third-order valence-corrected chi connectivity index (χ3v) is 4.22. The predicted octanol–water partition coefficient (Wildman–Crippen LogP) is 3.54. The third-order valence-electron chi connectivity index (χ3n) is 3.31. The molecule has 5 heteroatoms. The molecule has 0 saturated heterocycles. The molecule has 1 atom stereocenters. The number of carbonyl (C=O) groups excluding carboxylic acids is 2. The molecule has 2 N–H and O–H groups in total. The fourth-order valence-corrected chi connectivity index (χ4v) is 3.06. The Kier molecular flexibility index (Phi) is 3.06. The Bertz CT molecular complexity index is 715. The Morgan fingerprint density at radius 2 is 1.65 bits per heavy atom. The first-order chi connectivity index (χ1) is 9.61. The number of hydrogen-bond acceptors (Lipinski definition) is 2. The first-order valence-electron chi connectivity index (χ1n) is 6.07. The normalized spacial score (nSPS) is 17.1. The van der Waals surface area contributed by atoms with Gasteiger partial charge in [0.05, 0.1) is 11.4 Å². The monoisotopic (exact) mass is 330 g/mol. The van der Waals surface area contributed by atoms with Crippen molar-refractivity contribution in [2.75, 3.05) is 4.90 Å². The van der Waals surface area contributed by atoms with Gasteiger partial charge in [0.1, 0.15) is 4.83 Å². The maximum absolute atomic E-state index is 12.5. The van der Waals surface area contributed by atoms with E-state index in [2.05, 4.69) is 15.9 Å². The molecular formula is C15H11BrN2O2. The van der Waals surface area contributed by atoms with Crippen LogP contribution in [-0.2, 0) is 0 Å². The van der Waals surface area contributed by atoms with Crippen molar-refractivity contribution in [1.82, 2.24) is 0 Å². The standard InChI is InChI=1S/C15H11BrN2O2/c16-13-9-5-1-3-7-11(9)18(15(17)20)12-8-4-2-6-10(12)14(13)19/h1-8,13H,(H2,17,20)/t13-/m0/s1. The molecule has 100 valence electrons. The summed E-state index contributed by atoms with van der Waals surface area (Å²) in [6.45, 7) is 0. The van der Waals surface area contributed by atoms with Gasteiger partial charge in [0, 0.05) is 5.56 Å². The van der Waals surface area contributed by atoms with Crippen molar-refractivity contribution in [3.63, 3.8) is 0 Å².